The van der Waals surface area contributed by atoms with Crippen molar-refractivity contribution in [2.75, 3.05) is 0 Å². The summed E-state index contributed by atoms with van der Waals surface area (Å²) in [5.41, 5.74) is 0.872. The number of alkyl halides is 2. The quantitative estimate of drug-likeness (QED) is 0.670. The first-order valence-electron chi connectivity index (χ1n) is 7.27. The zero-order valence-corrected chi connectivity index (χ0v) is 12.5. The van der Waals surface area contributed by atoms with Crippen molar-refractivity contribution in [3.63, 3.8) is 0 Å². The van der Waals surface area contributed by atoms with Gasteiger partial charge in [-0.05, 0) is 36.5 Å². The highest BCUT2D eigenvalue weighted by Crippen LogP contribution is 2.32. The zero-order chi connectivity index (χ0) is 15.2. The van der Waals surface area contributed by atoms with Crippen molar-refractivity contribution in [2.45, 2.75) is 45.1 Å². The van der Waals surface area contributed by atoms with E-state index in [-0.39, 0.29) is 16.7 Å². The van der Waals surface area contributed by atoms with Gasteiger partial charge >= 0.3 is 6.61 Å². The summed E-state index contributed by atoms with van der Waals surface area (Å²) in [6.07, 6.45) is 7.39. The summed E-state index contributed by atoms with van der Waals surface area (Å²) >= 11 is 5.92. The summed E-state index contributed by atoms with van der Waals surface area (Å²) in [4.78, 5) is 11.2. The molecule has 2 nitrogen and oxygen atoms in total. The van der Waals surface area contributed by atoms with Crippen LogP contribution < -0.4 is 4.74 Å². The van der Waals surface area contributed by atoms with Crippen LogP contribution in [0.15, 0.2) is 18.2 Å². The Hall–Kier alpha value is -1.16. The fourth-order valence-corrected chi connectivity index (χ4v) is 3.27. The molecule has 1 fully saturated rings. The second-order valence-corrected chi connectivity index (χ2v) is 6.04. The Morgan fingerprint density at radius 2 is 2.05 bits per heavy atom. The van der Waals surface area contributed by atoms with Gasteiger partial charge in [-0.25, -0.2) is 0 Å². The molecule has 1 aromatic rings. The molecule has 0 heterocycles. The lowest BCUT2D eigenvalue weighted by atomic mass is 9.89. The first-order valence-corrected chi connectivity index (χ1v) is 7.65. The Bertz CT molecular complexity index is 473. The van der Waals surface area contributed by atoms with E-state index in [4.69, 9.17) is 11.6 Å². The van der Waals surface area contributed by atoms with E-state index in [1.165, 1.54) is 31.7 Å². The number of benzene rings is 1. The van der Waals surface area contributed by atoms with Crippen molar-refractivity contribution in [2.24, 2.45) is 11.8 Å². The van der Waals surface area contributed by atoms with Gasteiger partial charge in [0.15, 0.2) is 0 Å². The number of carbonyl (C=O) groups is 1. The second-order valence-electron chi connectivity index (χ2n) is 5.63. The molecule has 0 amide bonds. The second kappa shape index (κ2) is 7.74. The Morgan fingerprint density at radius 3 is 2.62 bits per heavy atom. The van der Waals surface area contributed by atoms with Crippen LogP contribution in [0.3, 0.4) is 0 Å². The fourth-order valence-electron chi connectivity index (χ4n) is 3.03. The molecule has 0 saturated heterocycles. The topological polar surface area (TPSA) is 26.3 Å². The summed E-state index contributed by atoms with van der Waals surface area (Å²) in [6.45, 7) is -2.89. The molecule has 1 saturated carbocycles. The monoisotopic (exact) mass is 316 g/mol. The maximum atomic E-state index is 12.2. The molecular weight excluding hydrogens is 298 g/mol. The van der Waals surface area contributed by atoms with Crippen LogP contribution in [0.25, 0.3) is 0 Å². The van der Waals surface area contributed by atoms with E-state index in [0.29, 0.717) is 12.3 Å². The number of halogens is 3. The number of ether oxygens (including phenoxy) is 1. The highest BCUT2D eigenvalue weighted by atomic mass is 35.5. The van der Waals surface area contributed by atoms with E-state index in [9.17, 15) is 13.6 Å². The molecule has 2 rings (SSSR count). The summed E-state index contributed by atoms with van der Waals surface area (Å²) in [5.74, 6) is 0.567. The van der Waals surface area contributed by atoms with Gasteiger partial charge in [0.25, 0.3) is 0 Å². The lowest BCUT2D eigenvalue weighted by Gasteiger charge is -2.16. The molecule has 1 unspecified atom stereocenters. The van der Waals surface area contributed by atoms with Crippen LogP contribution >= 0.6 is 11.6 Å². The number of aldehydes is 1. The normalized spacial score (nSPS) is 17.1. The van der Waals surface area contributed by atoms with Gasteiger partial charge in [-0.1, -0.05) is 43.4 Å². The SMILES string of the molecule is O=CC(Cc1ccc(OC(F)F)c(Cl)c1)CC1CCCC1. The van der Waals surface area contributed by atoms with Gasteiger partial charge in [0.05, 0.1) is 5.02 Å². The van der Waals surface area contributed by atoms with Gasteiger partial charge in [-0.3, -0.25) is 0 Å². The Kier molecular flexibility index (Phi) is 5.97. The third kappa shape index (κ3) is 4.95. The minimum Gasteiger partial charge on any atom is -0.433 e. The molecule has 1 aliphatic carbocycles. The van der Waals surface area contributed by atoms with Crippen molar-refractivity contribution in [1.29, 1.82) is 0 Å². The third-order valence-electron chi connectivity index (χ3n) is 4.01. The largest absolute Gasteiger partial charge is 0.433 e. The van der Waals surface area contributed by atoms with Crippen molar-refractivity contribution in [1.82, 2.24) is 0 Å². The molecule has 0 spiro atoms. The first kappa shape index (κ1) is 16.2. The molecule has 116 valence electrons. The van der Waals surface area contributed by atoms with Crippen molar-refractivity contribution in [3.8, 4) is 5.75 Å². The van der Waals surface area contributed by atoms with Crippen LogP contribution in [0.2, 0.25) is 5.02 Å². The number of hydrogen-bond donors (Lipinski definition) is 0. The molecule has 1 aliphatic rings. The highest BCUT2D eigenvalue weighted by molar-refractivity contribution is 6.32. The smallest absolute Gasteiger partial charge is 0.387 e. The summed E-state index contributed by atoms with van der Waals surface area (Å²) in [6, 6.07) is 4.72. The molecule has 0 N–H and O–H groups in total. The highest BCUT2D eigenvalue weighted by Gasteiger charge is 2.20. The van der Waals surface area contributed by atoms with Crippen LogP contribution in [-0.4, -0.2) is 12.9 Å². The molecule has 1 atom stereocenters. The van der Waals surface area contributed by atoms with E-state index >= 15 is 0 Å². The standard InChI is InChI=1S/C16H19ClF2O2/c17-14-9-12(5-6-15(14)21-16(18)19)8-13(10-20)7-11-3-1-2-4-11/h5-6,9-11,13,16H,1-4,7-8H2. The molecule has 0 aromatic heterocycles. The average molecular weight is 317 g/mol. The number of hydrogen-bond acceptors (Lipinski definition) is 2. The van der Waals surface area contributed by atoms with Crippen LogP contribution in [0, 0.1) is 11.8 Å². The number of carbonyl (C=O) groups excluding carboxylic acids is 1. The summed E-state index contributed by atoms with van der Waals surface area (Å²) in [7, 11) is 0. The third-order valence-corrected chi connectivity index (χ3v) is 4.31. The molecule has 0 bridgehead atoms. The van der Waals surface area contributed by atoms with Gasteiger partial charge in [0.2, 0.25) is 0 Å². The van der Waals surface area contributed by atoms with Crippen LogP contribution in [-0.2, 0) is 11.2 Å². The van der Waals surface area contributed by atoms with E-state index in [1.807, 2.05) is 0 Å². The molecular formula is C16H19ClF2O2. The van der Waals surface area contributed by atoms with Gasteiger partial charge in [-0.2, -0.15) is 8.78 Å². The van der Waals surface area contributed by atoms with E-state index in [0.717, 1.165) is 18.3 Å². The Morgan fingerprint density at radius 1 is 1.33 bits per heavy atom. The molecule has 21 heavy (non-hydrogen) atoms. The predicted octanol–water partition coefficient (Wildman–Crippen LogP) is 4.88. The fraction of sp³-hybridized carbons (Fsp3) is 0.562. The van der Waals surface area contributed by atoms with E-state index in [1.54, 1.807) is 12.1 Å². The van der Waals surface area contributed by atoms with E-state index in [2.05, 4.69) is 4.74 Å². The van der Waals surface area contributed by atoms with Crippen LogP contribution in [0.5, 0.6) is 5.75 Å². The van der Waals surface area contributed by atoms with Gasteiger partial charge < -0.3 is 9.53 Å². The maximum Gasteiger partial charge on any atom is 0.387 e. The van der Waals surface area contributed by atoms with Crippen LogP contribution in [0.1, 0.15) is 37.7 Å². The van der Waals surface area contributed by atoms with Gasteiger partial charge in [-0.15, -0.1) is 0 Å². The maximum absolute atomic E-state index is 12.2. The molecule has 1 aromatic carbocycles. The zero-order valence-electron chi connectivity index (χ0n) is 11.7. The Balaban J connectivity index is 1.96. The van der Waals surface area contributed by atoms with Crippen molar-refractivity contribution >= 4 is 17.9 Å². The van der Waals surface area contributed by atoms with E-state index < -0.39 is 6.61 Å². The summed E-state index contributed by atoms with van der Waals surface area (Å²) in [5, 5.41) is 0.151. The lowest BCUT2D eigenvalue weighted by Crippen LogP contribution is -2.11. The minimum atomic E-state index is -2.89. The molecule has 0 aliphatic heterocycles. The number of rotatable bonds is 7. The molecule has 5 heteroatoms. The predicted molar refractivity (Wildman–Crippen MR) is 77.9 cm³/mol. The average Bonchev–Trinajstić information content (AvgIpc) is 2.93. The van der Waals surface area contributed by atoms with Crippen molar-refractivity contribution in [3.05, 3.63) is 28.8 Å². The molecule has 0 radical (unpaired) electrons. The summed E-state index contributed by atoms with van der Waals surface area (Å²) < 4.78 is 28.6. The van der Waals surface area contributed by atoms with Crippen LogP contribution in [0.4, 0.5) is 8.78 Å². The minimum absolute atomic E-state index is 0.0335. The lowest BCUT2D eigenvalue weighted by molar-refractivity contribution is -0.111. The van der Waals surface area contributed by atoms with Gasteiger partial charge in [0, 0.05) is 5.92 Å². The first-order chi connectivity index (χ1) is 10.1. The van der Waals surface area contributed by atoms with Crippen molar-refractivity contribution < 1.29 is 18.3 Å². The van der Waals surface area contributed by atoms with Gasteiger partial charge in [0.1, 0.15) is 12.0 Å². The Labute approximate surface area is 128 Å².